The molecule has 1 fully saturated rings. The highest BCUT2D eigenvalue weighted by atomic mass is 19.4. The lowest BCUT2D eigenvalue weighted by molar-refractivity contribution is -0.384. The van der Waals surface area contributed by atoms with E-state index < -0.39 is 34.1 Å². The minimum atomic E-state index is -4.77. The minimum absolute atomic E-state index is 0.00801. The van der Waals surface area contributed by atoms with Gasteiger partial charge in [0.25, 0.3) is 5.69 Å². The number of nitrogens with zero attached hydrogens (tertiary/aromatic N) is 1. The monoisotopic (exact) mass is 319 g/mol. The van der Waals surface area contributed by atoms with E-state index >= 15 is 0 Å². The lowest BCUT2D eigenvalue weighted by Gasteiger charge is -2.17. The molecule has 0 spiro atoms. The first kappa shape index (κ1) is 16.5. The highest BCUT2D eigenvalue weighted by Gasteiger charge is 2.36. The zero-order valence-corrected chi connectivity index (χ0v) is 11.6. The van der Waals surface area contributed by atoms with E-state index in [1.165, 1.54) is 0 Å². The molecular weight excluding hydrogens is 303 g/mol. The summed E-state index contributed by atoms with van der Waals surface area (Å²) in [6, 6.07) is 1.61. The van der Waals surface area contributed by atoms with Crippen LogP contribution in [0.2, 0.25) is 0 Å². The van der Waals surface area contributed by atoms with Crippen LogP contribution in [0.3, 0.4) is 0 Å². The molecule has 1 aliphatic carbocycles. The maximum atomic E-state index is 12.9. The first-order valence-corrected chi connectivity index (χ1v) is 6.75. The zero-order valence-electron chi connectivity index (χ0n) is 11.6. The number of aliphatic hydroxyl groups excluding tert-OH is 1. The molecule has 1 aromatic carbocycles. The van der Waals surface area contributed by atoms with Crippen molar-refractivity contribution in [3.05, 3.63) is 33.4 Å². The van der Waals surface area contributed by atoms with E-state index in [9.17, 15) is 28.4 Å². The average molecular weight is 319 g/mol. The molecule has 22 heavy (non-hydrogen) atoms. The summed E-state index contributed by atoms with van der Waals surface area (Å²) in [7, 11) is 0. The maximum Gasteiger partial charge on any atom is 0.418 e. The number of nitro groups is 1. The van der Waals surface area contributed by atoms with E-state index in [-0.39, 0.29) is 18.2 Å². The lowest BCUT2D eigenvalue weighted by atomic mass is 10.1. The van der Waals surface area contributed by atoms with Crippen LogP contribution < -0.4 is 11.1 Å². The standard InChI is InChI=1S/C13H16F3N3O3/c14-13(15,16)8-4-7(5-10(12(8)17)19(21)22)6-18-9-2-1-3-11(9)20/h4-5,9,11,18,20H,1-3,6,17H2/t9-,11+/m1/s1. The SMILES string of the molecule is Nc1c([N+](=O)[O-])cc(CN[C@@H]2CCC[C@@H]2O)cc1C(F)(F)F. The Morgan fingerprint density at radius 2 is 2.09 bits per heavy atom. The minimum Gasteiger partial charge on any atom is -0.393 e. The molecule has 0 saturated heterocycles. The van der Waals surface area contributed by atoms with Crippen LogP contribution in [0.1, 0.15) is 30.4 Å². The average Bonchev–Trinajstić information content (AvgIpc) is 2.81. The van der Waals surface area contributed by atoms with E-state index in [2.05, 4.69) is 5.32 Å². The van der Waals surface area contributed by atoms with Crippen molar-refractivity contribution < 1.29 is 23.2 Å². The smallest absolute Gasteiger partial charge is 0.393 e. The first-order valence-electron chi connectivity index (χ1n) is 6.75. The van der Waals surface area contributed by atoms with Crippen molar-refractivity contribution in [2.24, 2.45) is 0 Å². The fraction of sp³-hybridized carbons (Fsp3) is 0.538. The molecule has 1 aromatic rings. The van der Waals surface area contributed by atoms with Crippen LogP contribution in [0.25, 0.3) is 0 Å². The van der Waals surface area contributed by atoms with Gasteiger partial charge in [-0.2, -0.15) is 13.2 Å². The molecule has 0 amide bonds. The third kappa shape index (κ3) is 3.47. The highest BCUT2D eigenvalue weighted by molar-refractivity contribution is 5.65. The summed E-state index contributed by atoms with van der Waals surface area (Å²) in [6.07, 6.45) is -3.14. The lowest BCUT2D eigenvalue weighted by Crippen LogP contribution is -2.35. The number of alkyl halides is 3. The van der Waals surface area contributed by atoms with Gasteiger partial charge in [-0.3, -0.25) is 10.1 Å². The molecule has 0 aromatic heterocycles. The number of aliphatic hydroxyl groups is 1. The van der Waals surface area contributed by atoms with Gasteiger partial charge in [0.2, 0.25) is 0 Å². The van der Waals surface area contributed by atoms with Crippen molar-refractivity contribution in [2.45, 2.75) is 44.1 Å². The van der Waals surface area contributed by atoms with E-state index in [1.807, 2.05) is 0 Å². The predicted octanol–water partition coefficient (Wildman–Crippen LogP) is 2.20. The third-order valence-corrected chi connectivity index (χ3v) is 3.77. The second-order valence-electron chi connectivity index (χ2n) is 5.32. The van der Waals surface area contributed by atoms with E-state index in [1.54, 1.807) is 0 Å². The number of hydrogen-bond donors (Lipinski definition) is 3. The van der Waals surface area contributed by atoms with Crippen LogP contribution in [0.15, 0.2) is 12.1 Å². The third-order valence-electron chi connectivity index (χ3n) is 3.77. The Balaban J connectivity index is 2.27. The normalized spacial score (nSPS) is 22.0. The highest BCUT2D eigenvalue weighted by Crippen LogP contribution is 2.38. The number of nitrogen functional groups attached to an aromatic ring is 1. The van der Waals surface area contributed by atoms with Gasteiger partial charge < -0.3 is 16.2 Å². The summed E-state index contributed by atoms with van der Waals surface area (Å²) in [5, 5.41) is 23.5. The number of nitrogens with two attached hydrogens (primary N) is 1. The summed E-state index contributed by atoms with van der Waals surface area (Å²) in [6.45, 7) is -0.00801. The molecule has 0 bridgehead atoms. The topological polar surface area (TPSA) is 101 Å². The number of benzene rings is 1. The van der Waals surface area contributed by atoms with Crippen LogP contribution in [-0.4, -0.2) is 22.2 Å². The molecule has 0 aliphatic heterocycles. The molecule has 0 heterocycles. The van der Waals surface area contributed by atoms with E-state index in [0.29, 0.717) is 12.8 Å². The van der Waals surface area contributed by atoms with Crippen LogP contribution >= 0.6 is 0 Å². The number of nitro benzene ring substituents is 1. The summed E-state index contributed by atoms with van der Waals surface area (Å²) >= 11 is 0. The van der Waals surface area contributed by atoms with E-state index in [4.69, 9.17) is 5.73 Å². The van der Waals surface area contributed by atoms with Crippen molar-refractivity contribution in [1.82, 2.24) is 5.32 Å². The molecule has 0 unspecified atom stereocenters. The summed E-state index contributed by atoms with van der Waals surface area (Å²) in [5.74, 6) is 0. The van der Waals surface area contributed by atoms with Crippen LogP contribution in [0.4, 0.5) is 24.5 Å². The summed E-state index contributed by atoms with van der Waals surface area (Å²) in [5.41, 5.74) is 2.49. The molecule has 1 aliphatic rings. The quantitative estimate of drug-likeness (QED) is 0.449. The van der Waals surface area contributed by atoms with Crippen molar-refractivity contribution in [3.63, 3.8) is 0 Å². The van der Waals surface area contributed by atoms with Crippen LogP contribution in [0.5, 0.6) is 0 Å². The molecule has 9 heteroatoms. The van der Waals surface area contributed by atoms with Crippen molar-refractivity contribution in [1.29, 1.82) is 0 Å². The molecule has 0 radical (unpaired) electrons. The Morgan fingerprint density at radius 1 is 1.41 bits per heavy atom. The Kier molecular flexibility index (Phi) is 4.57. The van der Waals surface area contributed by atoms with Gasteiger partial charge >= 0.3 is 6.18 Å². The number of hydrogen-bond acceptors (Lipinski definition) is 5. The van der Waals surface area contributed by atoms with Crippen molar-refractivity contribution >= 4 is 11.4 Å². The number of nitrogens with one attached hydrogen (secondary N) is 1. The Labute approximate surface area is 124 Å². The molecule has 1 saturated carbocycles. The van der Waals surface area contributed by atoms with Crippen LogP contribution in [0, 0.1) is 10.1 Å². The van der Waals surface area contributed by atoms with Gasteiger partial charge in [0.15, 0.2) is 0 Å². The second kappa shape index (κ2) is 6.09. The molecule has 6 nitrogen and oxygen atoms in total. The van der Waals surface area contributed by atoms with Gasteiger partial charge in [0, 0.05) is 18.7 Å². The molecule has 4 N–H and O–H groups in total. The largest absolute Gasteiger partial charge is 0.418 e. The van der Waals surface area contributed by atoms with E-state index in [0.717, 1.165) is 18.6 Å². The van der Waals surface area contributed by atoms with Gasteiger partial charge in [-0.1, -0.05) is 0 Å². The molecular formula is C13H16F3N3O3. The molecule has 2 atom stereocenters. The first-order chi connectivity index (χ1) is 10.2. The van der Waals surface area contributed by atoms with Crippen molar-refractivity contribution in [3.8, 4) is 0 Å². The number of anilines is 1. The fourth-order valence-electron chi connectivity index (χ4n) is 2.61. The van der Waals surface area contributed by atoms with Gasteiger partial charge in [-0.05, 0) is 30.9 Å². The molecule has 2 rings (SSSR count). The maximum absolute atomic E-state index is 12.9. The zero-order chi connectivity index (χ0) is 16.5. The Hall–Kier alpha value is -1.87. The Morgan fingerprint density at radius 3 is 2.59 bits per heavy atom. The summed E-state index contributed by atoms with van der Waals surface area (Å²) < 4.78 is 38.7. The Bertz CT molecular complexity index is 578. The number of halogens is 3. The van der Waals surface area contributed by atoms with Gasteiger partial charge in [-0.15, -0.1) is 0 Å². The molecule has 122 valence electrons. The summed E-state index contributed by atoms with van der Waals surface area (Å²) in [4.78, 5) is 9.93. The van der Waals surface area contributed by atoms with Gasteiger partial charge in [0.05, 0.1) is 16.6 Å². The van der Waals surface area contributed by atoms with Gasteiger partial charge in [-0.25, -0.2) is 0 Å². The fourth-order valence-corrected chi connectivity index (χ4v) is 2.61. The predicted molar refractivity (Wildman–Crippen MR) is 73.0 cm³/mol. The number of rotatable bonds is 4. The van der Waals surface area contributed by atoms with Crippen LogP contribution in [-0.2, 0) is 12.7 Å². The van der Waals surface area contributed by atoms with Crippen molar-refractivity contribution in [2.75, 3.05) is 5.73 Å². The second-order valence-corrected chi connectivity index (χ2v) is 5.32. The van der Waals surface area contributed by atoms with Gasteiger partial charge in [0.1, 0.15) is 5.69 Å².